The van der Waals surface area contributed by atoms with Crippen LogP contribution in [-0.4, -0.2) is 37.7 Å². The Labute approximate surface area is 209 Å². The van der Waals surface area contributed by atoms with Gasteiger partial charge in [0.25, 0.3) is 5.91 Å². The highest BCUT2D eigenvalue weighted by Gasteiger charge is 2.12. The van der Waals surface area contributed by atoms with E-state index in [-0.39, 0.29) is 19.1 Å². The molecule has 36 heavy (non-hydrogen) atoms. The van der Waals surface area contributed by atoms with Crippen LogP contribution in [0, 0.1) is 13.8 Å². The molecule has 0 unspecified atom stereocenters. The number of methoxy groups -OCH3 is 1. The molecule has 0 saturated heterocycles. The Hall–Kier alpha value is -4.66. The normalized spacial score (nSPS) is 10.5. The number of amides is 3. The van der Waals surface area contributed by atoms with E-state index in [1.807, 2.05) is 32.0 Å². The number of hydrogen-bond donors (Lipinski definition) is 3. The van der Waals surface area contributed by atoms with E-state index < -0.39 is 11.8 Å². The van der Waals surface area contributed by atoms with Crippen molar-refractivity contribution in [2.45, 2.75) is 20.4 Å². The molecule has 3 rings (SSSR count). The molecule has 3 aromatic carbocycles. The minimum Gasteiger partial charge on any atom is -0.497 e. The Morgan fingerprint density at radius 1 is 0.917 bits per heavy atom. The third-order valence-corrected chi connectivity index (χ3v) is 5.34. The maximum Gasteiger partial charge on any atom is 0.329 e. The van der Waals surface area contributed by atoms with Gasteiger partial charge in [0.05, 0.1) is 13.3 Å². The second kappa shape index (κ2) is 12.7. The van der Waals surface area contributed by atoms with Gasteiger partial charge in [0.1, 0.15) is 11.5 Å². The fourth-order valence-electron chi connectivity index (χ4n) is 3.15. The van der Waals surface area contributed by atoms with Gasteiger partial charge in [-0.15, -0.1) is 0 Å². The van der Waals surface area contributed by atoms with Crippen LogP contribution in [0.5, 0.6) is 11.5 Å². The zero-order valence-electron chi connectivity index (χ0n) is 20.3. The quantitative estimate of drug-likeness (QED) is 0.243. The largest absolute Gasteiger partial charge is 0.497 e. The molecule has 0 atom stereocenters. The van der Waals surface area contributed by atoms with Crippen LogP contribution in [-0.2, 0) is 20.9 Å². The summed E-state index contributed by atoms with van der Waals surface area (Å²) in [6, 6.07) is 19.7. The molecule has 0 bridgehead atoms. The van der Waals surface area contributed by atoms with Crippen LogP contribution in [0.3, 0.4) is 0 Å². The lowest BCUT2D eigenvalue weighted by molar-refractivity contribution is -0.139. The average molecular weight is 489 g/mol. The summed E-state index contributed by atoms with van der Waals surface area (Å²) in [5.74, 6) is -0.946. The Morgan fingerprint density at radius 3 is 2.42 bits per heavy atom. The van der Waals surface area contributed by atoms with E-state index in [4.69, 9.17) is 9.47 Å². The molecule has 0 aromatic heterocycles. The van der Waals surface area contributed by atoms with E-state index in [1.165, 1.54) is 6.21 Å². The van der Waals surface area contributed by atoms with Gasteiger partial charge in [-0.05, 0) is 60.9 Å². The van der Waals surface area contributed by atoms with Gasteiger partial charge in [-0.25, -0.2) is 5.43 Å². The molecule has 0 aliphatic heterocycles. The summed E-state index contributed by atoms with van der Waals surface area (Å²) in [5, 5.41) is 9.19. The smallest absolute Gasteiger partial charge is 0.329 e. The number of benzene rings is 3. The van der Waals surface area contributed by atoms with Crippen LogP contribution in [0.15, 0.2) is 71.8 Å². The topological polar surface area (TPSA) is 118 Å². The van der Waals surface area contributed by atoms with Crippen molar-refractivity contribution in [3.8, 4) is 11.5 Å². The van der Waals surface area contributed by atoms with Crippen molar-refractivity contribution in [2.24, 2.45) is 5.10 Å². The maximum absolute atomic E-state index is 12.4. The molecule has 0 aliphatic rings. The first-order chi connectivity index (χ1) is 17.4. The lowest BCUT2D eigenvalue weighted by Gasteiger charge is -2.12. The first-order valence-corrected chi connectivity index (χ1v) is 11.2. The van der Waals surface area contributed by atoms with E-state index in [1.54, 1.807) is 55.6 Å². The number of rotatable bonds is 9. The molecular formula is C27H28N4O5. The summed E-state index contributed by atoms with van der Waals surface area (Å²) >= 11 is 0. The summed E-state index contributed by atoms with van der Waals surface area (Å²) in [4.78, 5) is 36.4. The van der Waals surface area contributed by atoms with Gasteiger partial charge in [0, 0.05) is 17.8 Å². The molecule has 9 heteroatoms. The van der Waals surface area contributed by atoms with Crippen LogP contribution in [0.1, 0.15) is 22.3 Å². The van der Waals surface area contributed by atoms with Crippen LogP contribution in [0.2, 0.25) is 0 Å². The molecule has 186 valence electrons. The molecule has 0 spiro atoms. The van der Waals surface area contributed by atoms with Gasteiger partial charge >= 0.3 is 11.8 Å². The van der Waals surface area contributed by atoms with Gasteiger partial charge in [0.15, 0.2) is 6.61 Å². The molecular weight excluding hydrogens is 460 g/mol. The number of carbonyl (C=O) groups excluding carboxylic acids is 3. The number of hydrazone groups is 1. The van der Waals surface area contributed by atoms with E-state index in [0.717, 1.165) is 22.4 Å². The molecule has 3 aromatic rings. The molecule has 9 nitrogen and oxygen atoms in total. The number of ether oxygens (including phenoxy) is 2. The van der Waals surface area contributed by atoms with Crippen molar-refractivity contribution in [1.82, 2.24) is 10.7 Å². The van der Waals surface area contributed by atoms with Crippen molar-refractivity contribution in [1.29, 1.82) is 0 Å². The van der Waals surface area contributed by atoms with Gasteiger partial charge in [-0.1, -0.05) is 36.4 Å². The molecule has 0 aliphatic carbocycles. The minimum atomic E-state index is -0.911. The average Bonchev–Trinajstić information content (AvgIpc) is 2.89. The molecule has 3 amide bonds. The Morgan fingerprint density at radius 2 is 1.67 bits per heavy atom. The number of hydrogen-bond acceptors (Lipinski definition) is 6. The number of anilines is 1. The first-order valence-electron chi connectivity index (χ1n) is 11.2. The predicted molar refractivity (Wildman–Crippen MR) is 137 cm³/mol. The lowest BCUT2D eigenvalue weighted by atomic mass is 10.1. The molecule has 0 radical (unpaired) electrons. The highest BCUT2D eigenvalue weighted by molar-refractivity contribution is 6.35. The SMILES string of the molecule is COc1ccc(CNC(=O)C(=O)N/N=C\c2ccccc2OCC(=O)Nc2cccc(C)c2C)cc1. The van der Waals surface area contributed by atoms with Crippen molar-refractivity contribution < 1.29 is 23.9 Å². The fourth-order valence-corrected chi connectivity index (χ4v) is 3.15. The van der Waals surface area contributed by atoms with E-state index in [2.05, 4.69) is 21.2 Å². The van der Waals surface area contributed by atoms with Gasteiger partial charge in [-0.3, -0.25) is 14.4 Å². The van der Waals surface area contributed by atoms with Crippen molar-refractivity contribution in [2.75, 3.05) is 19.0 Å². The molecule has 0 fully saturated rings. The Bertz CT molecular complexity index is 1260. The van der Waals surface area contributed by atoms with Crippen LogP contribution < -0.4 is 25.5 Å². The summed E-state index contributed by atoms with van der Waals surface area (Å²) in [5.41, 5.74) is 6.31. The maximum atomic E-state index is 12.4. The second-order valence-electron chi connectivity index (χ2n) is 7.85. The standard InChI is InChI=1S/C27H28N4O5/c1-18-7-6-9-23(19(18)2)30-25(32)17-36-24-10-5-4-8-21(24)16-29-31-27(34)26(33)28-15-20-11-13-22(35-3)14-12-20/h4-14,16H,15,17H2,1-3H3,(H,28,33)(H,30,32)(H,31,34)/b29-16-. The van der Waals surface area contributed by atoms with Crippen molar-refractivity contribution >= 4 is 29.6 Å². The van der Waals surface area contributed by atoms with Crippen LogP contribution >= 0.6 is 0 Å². The molecule has 3 N–H and O–H groups in total. The number of para-hydroxylation sites is 1. The molecule has 0 saturated carbocycles. The van der Waals surface area contributed by atoms with Crippen LogP contribution in [0.4, 0.5) is 5.69 Å². The Kier molecular flexibility index (Phi) is 9.16. The number of carbonyl (C=O) groups is 3. The van der Waals surface area contributed by atoms with Gasteiger partial charge in [-0.2, -0.15) is 5.10 Å². The summed E-state index contributed by atoms with van der Waals surface area (Å²) in [7, 11) is 1.57. The summed E-state index contributed by atoms with van der Waals surface area (Å²) in [6.45, 7) is 3.88. The van der Waals surface area contributed by atoms with Crippen molar-refractivity contribution in [3.05, 3.63) is 89.0 Å². The number of aryl methyl sites for hydroxylation is 1. The van der Waals surface area contributed by atoms with Gasteiger partial charge < -0.3 is 20.1 Å². The number of nitrogens with zero attached hydrogens (tertiary/aromatic N) is 1. The Balaban J connectivity index is 1.49. The third kappa shape index (κ3) is 7.42. The minimum absolute atomic E-state index is 0.181. The zero-order chi connectivity index (χ0) is 25.9. The third-order valence-electron chi connectivity index (χ3n) is 5.34. The van der Waals surface area contributed by atoms with Crippen LogP contribution in [0.25, 0.3) is 0 Å². The lowest BCUT2D eigenvalue weighted by Crippen LogP contribution is -2.37. The second-order valence-corrected chi connectivity index (χ2v) is 7.85. The zero-order valence-corrected chi connectivity index (χ0v) is 20.3. The predicted octanol–water partition coefficient (Wildman–Crippen LogP) is 3.10. The number of nitrogens with one attached hydrogen (secondary N) is 3. The first kappa shape index (κ1) is 26.0. The van der Waals surface area contributed by atoms with E-state index in [0.29, 0.717) is 17.1 Å². The monoisotopic (exact) mass is 488 g/mol. The van der Waals surface area contributed by atoms with E-state index >= 15 is 0 Å². The highest BCUT2D eigenvalue weighted by Crippen LogP contribution is 2.19. The summed E-state index contributed by atoms with van der Waals surface area (Å²) < 4.78 is 10.7. The molecule has 0 heterocycles. The summed E-state index contributed by atoms with van der Waals surface area (Å²) in [6.07, 6.45) is 1.34. The van der Waals surface area contributed by atoms with E-state index in [9.17, 15) is 14.4 Å². The highest BCUT2D eigenvalue weighted by atomic mass is 16.5. The fraction of sp³-hybridized carbons (Fsp3) is 0.185. The van der Waals surface area contributed by atoms with Gasteiger partial charge in [0.2, 0.25) is 0 Å². The van der Waals surface area contributed by atoms with Crippen molar-refractivity contribution in [3.63, 3.8) is 0 Å².